The molecule has 1 amide bonds. The van der Waals surface area contributed by atoms with E-state index in [1.165, 1.54) is 18.2 Å². The highest BCUT2D eigenvalue weighted by atomic mass is 35.5. The Hall–Kier alpha value is -4.11. The van der Waals surface area contributed by atoms with E-state index in [-0.39, 0.29) is 16.8 Å². The van der Waals surface area contributed by atoms with Crippen LogP contribution in [0.15, 0.2) is 87.7 Å². The fourth-order valence-electron chi connectivity index (χ4n) is 3.54. The smallest absolute Gasteiger partial charge is 0.250 e. The Bertz CT molecular complexity index is 1620. The van der Waals surface area contributed by atoms with E-state index in [1.807, 2.05) is 18.2 Å². The first-order valence-electron chi connectivity index (χ1n) is 10.9. The van der Waals surface area contributed by atoms with Crippen molar-refractivity contribution < 1.29 is 18.7 Å². The molecule has 0 unspecified atom stereocenters. The van der Waals surface area contributed by atoms with Gasteiger partial charge in [-0.05, 0) is 79.0 Å². The number of aromatic hydroxyl groups is 1. The van der Waals surface area contributed by atoms with Crippen molar-refractivity contribution in [2.75, 3.05) is 5.32 Å². The molecule has 0 saturated heterocycles. The summed E-state index contributed by atoms with van der Waals surface area (Å²) in [4.78, 5) is 16.8. The van der Waals surface area contributed by atoms with Crippen molar-refractivity contribution in [1.82, 2.24) is 10.3 Å². The van der Waals surface area contributed by atoms with Gasteiger partial charge < -0.3 is 19.3 Å². The van der Waals surface area contributed by atoms with Crippen molar-refractivity contribution in [2.24, 2.45) is 0 Å². The minimum absolute atomic E-state index is 0.00661. The number of phenols is 1. The maximum atomic E-state index is 12.4. The lowest BCUT2D eigenvalue weighted by Crippen LogP contribution is -2.32. The molecule has 0 aliphatic heterocycles. The molecule has 7 nitrogen and oxygen atoms in total. The Balaban J connectivity index is 1.23. The number of carbonyl (C=O) groups excluding carboxylic acids is 1. The third-order valence-corrected chi connectivity index (χ3v) is 5.83. The van der Waals surface area contributed by atoms with Crippen LogP contribution in [0.1, 0.15) is 5.76 Å². The van der Waals surface area contributed by atoms with Crippen LogP contribution in [-0.2, 0) is 4.79 Å². The van der Waals surface area contributed by atoms with Gasteiger partial charge in [0, 0.05) is 27.4 Å². The SMILES string of the molecule is O=C(/C=C/c1ccc(-c2cc(Cl)cc(Cl)c2)o1)NC(=S)Nc1ccc(O)c(-c2nc3ccccc3o2)c1. The highest BCUT2D eigenvalue weighted by Crippen LogP contribution is 2.33. The van der Waals surface area contributed by atoms with Gasteiger partial charge in [-0.3, -0.25) is 10.1 Å². The molecule has 184 valence electrons. The van der Waals surface area contributed by atoms with Gasteiger partial charge in [0.2, 0.25) is 11.8 Å². The van der Waals surface area contributed by atoms with E-state index in [0.717, 1.165) is 5.56 Å². The highest BCUT2D eigenvalue weighted by molar-refractivity contribution is 7.80. The molecule has 0 fully saturated rings. The zero-order valence-corrected chi connectivity index (χ0v) is 21.2. The second-order valence-corrected chi connectivity index (χ2v) is 9.14. The lowest BCUT2D eigenvalue weighted by Gasteiger charge is -2.09. The number of fused-ring (bicyclic) bond motifs is 1. The van der Waals surface area contributed by atoms with Crippen molar-refractivity contribution in [3.63, 3.8) is 0 Å². The zero-order chi connectivity index (χ0) is 25.9. The van der Waals surface area contributed by atoms with Crippen molar-refractivity contribution in [2.45, 2.75) is 0 Å². The number of nitrogens with one attached hydrogen (secondary N) is 2. The van der Waals surface area contributed by atoms with Gasteiger partial charge >= 0.3 is 0 Å². The molecule has 10 heteroatoms. The second-order valence-electron chi connectivity index (χ2n) is 7.86. The molecule has 0 bridgehead atoms. The number of nitrogens with zero attached hydrogens (tertiary/aromatic N) is 1. The summed E-state index contributed by atoms with van der Waals surface area (Å²) in [6.45, 7) is 0. The van der Waals surface area contributed by atoms with Crippen LogP contribution in [0.2, 0.25) is 10.0 Å². The number of aromatic nitrogens is 1. The molecule has 5 rings (SSSR count). The summed E-state index contributed by atoms with van der Waals surface area (Å²) in [5.74, 6) is 0.815. The number of rotatable bonds is 5. The number of benzene rings is 3. The molecule has 2 aromatic heterocycles. The number of oxazole rings is 1. The number of hydrogen-bond donors (Lipinski definition) is 3. The fourth-order valence-corrected chi connectivity index (χ4v) is 4.28. The van der Waals surface area contributed by atoms with E-state index >= 15 is 0 Å². The van der Waals surface area contributed by atoms with Gasteiger partial charge in [0.25, 0.3) is 0 Å². The van der Waals surface area contributed by atoms with Crippen molar-refractivity contribution in [3.8, 4) is 28.5 Å². The molecule has 0 saturated carbocycles. The summed E-state index contributed by atoms with van der Waals surface area (Å²) in [5.41, 5.74) is 2.90. The predicted molar refractivity (Wildman–Crippen MR) is 149 cm³/mol. The average Bonchev–Trinajstić information content (AvgIpc) is 3.50. The van der Waals surface area contributed by atoms with Crippen LogP contribution in [0.25, 0.3) is 40.0 Å². The first-order chi connectivity index (χ1) is 17.8. The van der Waals surface area contributed by atoms with E-state index < -0.39 is 5.91 Å². The third-order valence-electron chi connectivity index (χ3n) is 5.19. The standard InChI is InChI=1S/C27H17Cl2N3O4S/c28-16-11-15(12-17(29)13-16)23-9-6-19(35-23)7-10-25(34)32-27(37)30-18-5-8-22(33)20(14-18)26-31-21-3-1-2-4-24(21)36-26/h1-14,33H,(H2,30,32,34,37)/b10-7+. The quantitative estimate of drug-likeness (QED) is 0.120. The van der Waals surface area contributed by atoms with Gasteiger partial charge in [0.15, 0.2) is 10.7 Å². The summed E-state index contributed by atoms with van der Waals surface area (Å²) in [6.07, 6.45) is 2.81. The van der Waals surface area contributed by atoms with Gasteiger partial charge in [-0.15, -0.1) is 0 Å². The fraction of sp³-hybridized carbons (Fsp3) is 0. The van der Waals surface area contributed by atoms with Crippen LogP contribution in [0.5, 0.6) is 5.75 Å². The number of amides is 1. The Labute approximate surface area is 226 Å². The van der Waals surface area contributed by atoms with Gasteiger partial charge in [-0.2, -0.15) is 0 Å². The third kappa shape index (κ3) is 5.83. The number of phenolic OH excluding ortho intramolecular Hbond substituents is 1. The highest BCUT2D eigenvalue weighted by Gasteiger charge is 2.14. The van der Waals surface area contributed by atoms with E-state index in [9.17, 15) is 9.90 Å². The van der Waals surface area contributed by atoms with Crippen LogP contribution in [0.3, 0.4) is 0 Å². The minimum Gasteiger partial charge on any atom is -0.507 e. The Kier molecular flexibility index (Phi) is 6.96. The van der Waals surface area contributed by atoms with Gasteiger partial charge in [-0.25, -0.2) is 4.98 Å². The number of halogens is 2. The first kappa shape index (κ1) is 24.6. The average molecular weight is 550 g/mol. The molecule has 0 aliphatic rings. The predicted octanol–water partition coefficient (Wildman–Crippen LogP) is 7.29. The van der Waals surface area contributed by atoms with Crippen LogP contribution in [-0.4, -0.2) is 21.1 Å². The van der Waals surface area contributed by atoms with Crippen LogP contribution >= 0.6 is 35.4 Å². The lowest BCUT2D eigenvalue weighted by atomic mass is 10.1. The molecular formula is C27H17Cl2N3O4S. The van der Waals surface area contributed by atoms with Crippen molar-refractivity contribution in [1.29, 1.82) is 0 Å². The molecule has 3 aromatic carbocycles. The van der Waals surface area contributed by atoms with E-state index in [4.69, 9.17) is 44.3 Å². The van der Waals surface area contributed by atoms with E-state index in [2.05, 4.69) is 15.6 Å². The number of hydrogen-bond acceptors (Lipinski definition) is 6. The maximum Gasteiger partial charge on any atom is 0.250 e. The molecule has 3 N–H and O–H groups in total. The molecule has 0 radical (unpaired) electrons. The monoisotopic (exact) mass is 549 g/mol. The maximum absolute atomic E-state index is 12.4. The number of furan rings is 1. The number of anilines is 1. The normalized spacial score (nSPS) is 11.2. The lowest BCUT2D eigenvalue weighted by molar-refractivity contribution is -0.115. The summed E-state index contributed by atoms with van der Waals surface area (Å²) in [5, 5.41) is 16.8. The summed E-state index contributed by atoms with van der Waals surface area (Å²) < 4.78 is 11.5. The van der Waals surface area contributed by atoms with Gasteiger partial charge in [0.05, 0.1) is 5.56 Å². The van der Waals surface area contributed by atoms with Gasteiger partial charge in [0.1, 0.15) is 22.8 Å². The van der Waals surface area contributed by atoms with E-state index in [1.54, 1.807) is 48.5 Å². The van der Waals surface area contributed by atoms with Crippen LogP contribution < -0.4 is 10.6 Å². The Morgan fingerprint density at radius 2 is 1.76 bits per heavy atom. The summed E-state index contributed by atoms with van der Waals surface area (Å²) >= 11 is 17.4. The number of carbonyl (C=O) groups is 1. The number of thiocarbonyl (C=S) groups is 1. The molecule has 0 atom stereocenters. The Morgan fingerprint density at radius 3 is 2.54 bits per heavy atom. The summed E-state index contributed by atoms with van der Waals surface area (Å²) in [7, 11) is 0. The van der Waals surface area contributed by atoms with Crippen molar-refractivity contribution in [3.05, 3.63) is 94.7 Å². The van der Waals surface area contributed by atoms with Crippen LogP contribution in [0, 0.1) is 0 Å². The van der Waals surface area contributed by atoms with Crippen molar-refractivity contribution >= 4 is 69.3 Å². The largest absolute Gasteiger partial charge is 0.507 e. The van der Waals surface area contributed by atoms with Gasteiger partial charge in [-0.1, -0.05) is 35.3 Å². The molecule has 2 heterocycles. The summed E-state index contributed by atoms with van der Waals surface area (Å²) in [6, 6.07) is 20.6. The molecule has 0 spiro atoms. The van der Waals surface area contributed by atoms with E-state index in [0.29, 0.717) is 43.9 Å². The Morgan fingerprint density at radius 1 is 0.973 bits per heavy atom. The molecule has 0 aliphatic carbocycles. The first-order valence-corrected chi connectivity index (χ1v) is 12.1. The second kappa shape index (κ2) is 10.5. The minimum atomic E-state index is -0.459. The topological polar surface area (TPSA) is 101 Å². The number of para-hydroxylation sites is 2. The zero-order valence-electron chi connectivity index (χ0n) is 18.9. The van der Waals surface area contributed by atoms with Crippen LogP contribution in [0.4, 0.5) is 5.69 Å². The molecule has 37 heavy (non-hydrogen) atoms. The molecular weight excluding hydrogens is 533 g/mol. The molecule has 5 aromatic rings.